The summed E-state index contributed by atoms with van der Waals surface area (Å²) in [5, 5.41) is 5.43. The molecule has 0 aromatic carbocycles. The lowest BCUT2D eigenvalue weighted by Gasteiger charge is -2.16. The Morgan fingerprint density at radius 1 is 1.00 bits per heavy atom. The van der Waals surface area contributed by atoms with E-state index in [4.69, 9.17) is 4.74 Å². The first-order chi connectivity index (χ1) is 9.54. The van der Waals surface area contributed by atoms with Crippen LogP contribution in [0.3, 0.4) is 0 Å². The van der Waals surface area contributed by atoms with Gasteiger partial charge < -0.3 is 15.4 Å². The minimum Gasteiger partial charge on any atom is -0.464 e. The molecule has 0 spiro atoms. The molecule has 0 aliphatic rings. The van der Waals surface area contributed by atoms with Crippen LogP contribution in [-0.4, -0.2) is 37.0 Å². The topological polar surface area (TPSA) is 84.5 Å². The van der Waals surface area contributed by atoms with Gasteiger partial charge in [-0.05, 0) is 26.2 Å². The Morgan fingerprint density at radius 3 is 2.20 bits per heavy atom. The van der Waals surface area contributed by atoms with Crippen LogP contribution in [0.1, 0.15) is 52.9 Å². The van der Waals surface area contributed by atoms with Crippen molar-refractivity contribution in [3.05, 3.63) is 0 Å². The van der Waals surface area contributed by atoms with Gasteiger partial charge in [0, 0.05) is 19.4 Å². The summed E-state index contributed by atoms with van der Waals surface area (Å²) in [5.41, 5.74) is 0. The number of esters is 1. The van der Waals surface area contributed by atoms with Crippen molar-refractivity contribution >= 4 is 17.8 Å². The number of hydrogen-bond acceptors (Lipinski definition) is 4. The molecule has 0 unspecified atom stereocenters. The number of ether oxygens (including phenoxy) is 1. The third-order valence-corrected chi connectivity index (χ3v) is 2.79. The van der Waals surface area contributed by atoms with Crippen molar-refractivity contribution in [3.63, 3.8) is 0 Å². The first-order valence-electron chi connectivity index (χ1n) is 7.27. The van der Waals surface area contributed by atoms with E-state index in [0.29, 0.717) is 32.4 Å². The molecule has 2 N–H and O–H groups in total. The fourth-order valence-corrected chi connectivity index (χ4v) is 1.61. The second-order valence-electron chi connectivity index (χ2n) is 4.42. The number of carbonyl (C=O) groups is 3. The molecule has 6 heteroatoms. The van der Waals surface area contributed by atoms with Crippen LogP contribution < -0.4 is 10.6 Å². The van der Waals surface area contributed by atoms with Gasteiger partial charge in [0.05, 0.1) is 6.61 Å². The maximum atomic E-state index is 11.7. The van der Waals surface area contributed by atoms with Crippen LogP contribution in [0.25, 0.3) is 0 Å². The highest BCUT2D eigenvalue weighted by Crippen LogP contribution is 2.03. The molecule has 0 radical (unpaired) electrons. The van der Waals surface area contributed by atoms with E-state index in [1.54, 1.807) is 20.8 Å². The van der Waals surface area contributed by atoms with E-state index in [1.807, 2.05) is 0 Å². The molecule has 0 heterocycles. The van der Waals surface area contributed by atoms with E-state index in [9.17, 15) is 14.4 Å². The second kappa shape index (κ2) is 11.3. The summed E-state index contributed by atoms with van der Waals surface area (Å²) in [6.07, 6.45) is 2.83. The quantitative estimate of drug-likeness (QED) is 0.466. The number of unbranched alkanes of at least 4 members (excludes halogenated alkanes) is 1. The number of nitrogens with one attached hydrogen (secondary N) is 2. The molecule has 0 saturated heterocycles. The number of amides is 2. The van der Waals surface area contributed by atoms with Crippen molar-refractivity contribution in [1.82, 2.24) is 10.6 Å². The van der Waals surface area contributed by atoms with E-state index in [0.717, 1.165) is 12.8 Å². The first kappa shape index (κ1) is 18.4. The van der Waals surface area contributed by atoms with Crippen LogP contribution in [0.5, 0.6) is 0 Å². The third-order valence-electron chi connectivity index (χ3n) is 2.79. The summed E-state index contributed by atoms with van der Waals surface area (Å²) >= 11 is 0. The fraction of sp³-hybridized carbons (Fsp3) is 0.786. The van der Waals surface area contributed by atoms with Crippen LogP contribution in [0.15, 0.2) is 0 Å². The number of rotatable bonds is 10. The van der Waals surface area contributed by atoms with Gasteiger partial charge in [0.15, 0.2) is 0 Å². The van der Waals surface area contributed by atoms with E-state index < -0.39 is 12.0 Å². The lowest BCUT2D eigenvalue weighted by atomic mass is 10.1. The van der Waals surface area contributed by atoms with Gasteiger partial charge in [-0.15, -0.1) is 0 Å². The zero-order chi connectivity index (χ0) is 15.4. The maximum Gasteiger partial charge on any atom is 0.328 e. The number of hydrogen-bond donors (Lipinski definition) is 2. The fourth-order valence-electron chi connectivity index (χ4n) is 1.61. The van der Waals surface area contributed by atoms with Crippen LogP contribution in [0.2, 0.25) is 0 Å². The molecule has 6 nitrogen and oxygen atoms in total. The first-order valence-corrected chi connectivity index (χ1v) is 7.27. The monoisotopic (exact) mass is 286 g/mol. The lowest BCUT2D eigenvalue weighted by Crippen LogP contribution is -2.41. The number of carbonyl (C=O) groups excluding carboxylic acids is 3. The molecule has 0 rings (SSSR count). The molecule has 0 saturated carbocycles. The van der Waals surface area contributed by atoms with Gasteiger partial charge in [0.25, 0.3) is 0 Å². The van der Waals surface area contributed by atoms with E-state index >= 15 is 0 Å². The molecule has 0 aromatic rings. The van der Waals surface area contributed by atoms with Gasteiger partial charge in [-0.2, -0.15) is 0 Å². The molecule has 0 aliphatic heterocycles. The molecule has 0 bridgehead atoms. The van der Waals surface area contributed by atoms with Crippen LogP contribution >= 0.6 is 0 Å². The Labute approximate surface area is 120 Å². The Morgan fingerprint density at radius 2 is 1.65 bits per heavy atom. The molecule has 2 amide bonds. The summed E-state index contributed by atoms with van der Waals surface area (Å²) in [7, 11) is 0. The average Bonchev–Trinajstić information content (AvgIpc) is 2.45. The van der Waals surface area contributed by atoms with Gasteiger partial charge in [0.2, 0.25) is 11.8 Å². The zero-order valence-electron chi connectivity index (χ0n) is 12.7. The SMILES string of the molecule is CCOC(=O)[C@@H](CCCCNC(=O)CC)NC(=O)CC. The summed E-state index contributed by atoms with van der Waals surface area (Å²) in [6.45, 7) is 6.15. The molecular formula is C14H26N2O4. The largest absolute Gasteiger partial charge is 0.464 e. The van der Waals surface area contributed by atoms with Crippen molar-refractivity contribution in [1.29, 1.82) is 0 Å². The minimum absolute atomic E-state index is 0.0197. The highest BCUT2D eigenvalue weighted by Gasteiger charge is 2.20. The Kier molecular flexibility index (Phi) is 10.4. The summed E-state index contributed by atoms with van der Waals surface area (Å²) in [4.78, 5) is 34.1. The highest BCUT2D eigenvalue weighted by atomic mass is 16.5. The third kappa shape index (κ3) is 8.50. The molecular weight excluding hydrogens is 260 g/mol. The van der Waals surface area contributed by atoms with Crippen LogP contribution in [0, 0.1) is 0 Å². The summed E-state index contributed by atoms with van der Waals surface area (Å²) in [5.74, 6) is -0.541. The average molecular weight is 286 g/mol. The molecule has 0 aliphatic carbocycles. The normalized spacial score (nSPS) is 11.6. The van der Waals surface area contributed by atoms with Crippen molar-refractivity contribution in [2.24, 2.45) is 0 Å². The Bertz CT molecular complexity index is 318. The van der Waals surface area contributed by atoms with E-state index in [1.165, 1.54) is 0 Å². The van der Waals surface area contributed by atoms with Crippen molar-refractivity contribution in [3.8, 4) is 0 Å². The van der Waals surface area contributed by atoms with Gasteiger partial charge in [0.1, 0.15) is 6.04 Å². The van der Waals surface area contributed by atoms with Crippen molar-refractivity contribution < 1.29 is 19.1 Å². The van der Waals surface area contributed by atoms with Crippen molar-refractivity contribution in [2.45, 2.75) is 58.9 Å². The second-order valence-corrected chi connectivity index (χ2v) is 4.42. The minimum atomic E-state index is -0.593. The molecule has 0 aromatic heterocycles. The van der Waals surface area contributed by atoms with Gasteiger partial charge in [-0.1, -0.05) is 13.8 Å². The maximum absolute atomic E-state index is 11.7. The smallest absolute Gasteiger partial charge is 0.328 e. The van der Waals surface area contributed by atoms with E-state index in [-0.39, 0.29) is 11.8 Å². The molecule has 0 fully saturated rings. The van der Waals surface area contributed by atoms with Gasteiger partial charge >= 0.3 is 5.97 Å². The molecule has 20 heavy (non-hydrogen) atoms. The summed E-state index contributed by atoms with van der Waals surface area (Å²) < 4.78 is 4.94. The lowest BCUT2D eigenvalue weighted by molar-refractivity contribution is -0.147. The molecule has 116 valence electrons. The predicted molar refractivity (Wildman–Crippen MR) is 76.0 cm³/mol. The van der Waals surface area contributed by atoms with Crippen LogP contribution in [0.4, 0.5) is 0 Å². The Hall–Kier alpha value is -1.59. The zero-order valence-corrected chi connectivity index (χ0v) is 12.7. The highest BCUT2D eigenvalue weighted by molar-refractivity contribution is 5.84. The van der Waals surface area contributed by atoms with E-state index in [2.05, 4.69) is 10.6 Å². The van der Waals surface area contributed by atoms with Gasteiger partial charge in [-0.25, -0.2) is 4.79 Å². The standard InChI is InChI=1S/C14H26N2O4/c1-4-12(17)15-10-8-7-9-11(14(19)20-6-3)16-13(18)5-2/h11H,4-10H2,1-3H3,(H,15,17)(H,16,18)/t11-/m1/s1. The van der Waals surface area contributed by atoms with Crippen LogP contribution in [-0.2, 0) is 19.1 Å². The summed E-state index contributed by atoms with van der Waals surface area (Å²) in [6, 6.07) is -0.593. The molecule has 1 atom stereocenters. The van der Waals surface area contributed by atoms with Gasteiger partial charge in [-0.3, -0.25) is 9.59 Å². The Balaban J connectivity index is 4.06. The van der Waals surface area contributed by atoms with Crippen molar-refractivity contribution in [2.75, 3.05) is 13.2 Å². The predicted octanol–water partition coefficient (Wildman–Crippen LogP) is 1.14.